The molecule has 2 N–H and O–H groups in total. The largest absolute Gasteiger partial charge is 0.383 e. The Bertz CT molecular complexity index is 413. The van der Waals surface area contributed by atoms with E-state index in [1.165, 1.54) is 58.4 Å². The number of hydrogen-bond donors (Lipinski definition) is 2. The van der Waals surface area contributed by atoms with Gasteiger partial charge in [0.15, 0.2) is 5.96 Å². The van der Waals surface area contributed by atoms with E-state index < -0.39 is 0 Å². The lowest BCUT2D eigenvalue weighted by atomic mass is 9.97. The number of guanidine groups is 1. The van der Waals surface area contributed by atoms with Crippen molar-refractivity contribution >= 4 is 5.96 Å². The summed E-state index contributed by atoms with van der Waals surface area (Å²) in [7, 11) is 1.78. The molecule has 0 aromatic heterocycles. The minimum absolute atomic E-state index is 0.558. The summed E-state index contributed by atoms with van der Waals surface area (Å²) in [4.78, 5) is 10.0. The molecule has 0 aliphatic carbocycles. The van der Waals surface area contributed by atoms with E-state index in [1.807, 2.05) is 0 Å². The molecule has 158 valence electrons. The second-order valence-electron chi connectivity index (χ2n) is 8.61. The molecule has 2 rings (SSSR count). The Kier molecular flexibility index (Phi) is 10.5. The van der Waals surface area contributed by atoms with Gasteiger partial charge in [0.2, 0.25) is 0 Å². The number of methoxy groups -OCH3 is 1. The fourth-order valence-corrected chi connectivity index (χ4v) is 4.12. The highest BCUT2D eigenvalue weighted by atomic mass is 16.5. The van der Waals surface area contributed by atoms with Gasteiger partial charge in [-0.05, 0) is 57.5 Å². The minimum Gasteiger partial charge on any atom is -0.383 e. The lowest BCUT2D eigenvalue weighted by Crippen LogP contribution is -2.49. The maximum atomic E-state index is 5.19. The molecule has 0 bridgehead atoms. The molecule has 2 aliphatic rings. The van der Waals surface area contributed by atoms with Crippen molar-refractivity contribution in [1.29, 1.82) is 0 Å². The summed E-state index contributed by atoms with van der Waals surface area (Å²) in [6.45, 7) is 16.5. The van der Waals surface area contributed by atoms with Crippen LogP contribution in [0.25, 0.3) is 0 Å². The molecule has 0 unspecified atom stereocenters. The van der Waals surface area contributed by atoms with E-state index in [2.05, 4.69) is 41.2 Å². The highest BCUT2D eigenvalue weighted by molar-refractivity contribution is 5.80. The Balaban J connectivity index is 1.71. The average Bonchev–Trinajstić information content (AvgIpc) is 2.66. The molecular weight excluding hydrogens is 338 g/mol. The summed E-state index contributed by atoms with van der Waals surface area (Å²) in [5, 5.41) is 7.14. The molecule has 6 heteroatoms. The van der Waals surface area contributed by atoms with Crippen LogP contribution in [0.5, 0.6) is 0 Å². The molecule has 0 amide bonds. The Morgan fingerprint density at radius 1 is 1.07 bits per heavy atom. The summed E-state index contributed by atoms with van der Waals surface area (Å²) in [5.41, 5.74) is 0. The quantitative estimate of drug-likeness (QED) is 0.473. The number of likely N-dealkylation sites (tertiary alicyclic amines) is 2. The molecular formula is C21H43N5O. The van der Waals surface area contributed by atoms with Gasteiger partial charge in [-0.1, -0.05) is 13.8 Å². The Morgan fingerprint density at radius 3 is 2.33 bits per heavy atom. The van der Waals surface area contributed by atoms with E-state index in [-0.39, 0.29) is 0 Å². The van der Waals surface area contributed by atoms with Crippen LogP contribution in [0.2, 0.25) is 0 Å². The van der Waals surface area contributed by atoms with Crippen LogP contribution in [0.4, 0.5) is 0 Å². The number of hydrogen-bond acceptors (Lipinski definition) is 4. The van der Waals surface area contributed by atoms with Gasteiger partial charge in [0, 0.05) is 52.4 Å². The zero-order valence-electron chi connectivity index (χ0n) is 18.2. The van der Waals surface area contributed by atoms with Crippen molar-refractivity contribution in [3.05, 3.63) is 0 Å². The number of rotatable bonds is 9. The average molecular weight is 382 g/mol. The molecule has 0 aromatic rings. The topological polar surface area (TPSA) is 52.1 Å². The van der Waals surface area contributed by atoms with Gasteiger partial charge in [-0.2, -0.15) is 0 Å². The normalized spacial score (nSPS) is 21.7. The summed E-state index contributed by atoms with van der Waals surface area (Å²) in [6.07, 6.45) is 4.93. The zero-order chi connectivity index (χ0) is 19.5. The molecule has 2 fully saturated rings. The first kappa shape index (κ1) is 22.4. The third kappa shape index (κ3) is 8.79. The van der Waals surface area contributed by atoms with Crippen LogP contribution in [0.1, 0.15) is 46.5 Å². The Hall–Kier alpha value is -0.850. The van der Waals surface area contributed by atoms with Crippen LogP contribution in [-0.4, -0.2) is 87.9 Å². The standard InChI is InChI=1S/C21H43N5O/c1-5-22-21(24-20-8-12-26(13-9-20)17-18(2)3)23-16-19-6-10-25(11-7-19)14-15-27-4/h18-20H,5-17H2,1-4H3,(H2,22,23,24). The van der Waals surface area contributed by atoms with Crippen molar-refractivity contribution in [2.24, 2.45) is 16.8 Å². The van der Waals surface area contributed by atoms with Gasteiger partial charge in [0.05, 0.1) is 6.61 Å². The number of nitrogens with zero attached hydrogens (tertiary/aromatic N) is 3. The van der Waals surface area contributed by atoms with E-state index in [0.717, 1.165) is 38.1 Å². The monoisotopic (exact) mass is 381 g/mol. The second kappa shape index (κ2) is 12.6. The van der Waals surface area contributed by atoms with Crippen molar-refractivity contribution in [3.63, 3.8) is 0 Å². The summed E-state index contributed by atoms with van der Waals surface area (Å²) >= 11 is 0. The third-order valence-corrected chi connectivity index (χ3v) is 5.72. The van der Waals surface area contributed by atoms with Crippen LogP contribution in [0.3, 0.4) is 0 Å². The van der Waals surface area contributed by atoms with Gasteiger partial charge in [0.25, 0.3) is 0 Å². The fourth-order valence-electron chi connectivity index (χ4n) is 4.12. The van der Waals surface area contributed by atoms with Crippen molar-refractivity contribution in [3.8, 4) is 0 Å². The first-order chi connectivity index (χ1) is 13.1. The molecule has 0 spiro atoms. The van der Waals surface area contributed by atoms with Gasteiger partial charge in [-0.25, -0.2) is 0 Å². The van der Waals surface area contributed by atoms with Crippen LogP contribution in [0.15, 0.2) is 4.99 Å². The Morgan fingerprint density at radius 2 is 1.74 bits per heavy atom. The van der Waals surface area contributed by atoms with Gasteiger partial charge >= 0.3 is 0 Å². The van der Waals surface area contributed by atoms with Crippen LogP contribution >= 0.6 is 0 Å². The molecule has 6 nitrogen and oxygen atoms in total. The number of ether oxygens (including phenoxy) is 1. The molecule has 0 aromatic carbocycles. The van der Waals surface area contributed by atoms with Crippen molar-refractivity contribution in [2.45, 2.75) is 52.5 Å². The van der Waals surface area contributed by atoms with Crippen molar-refractivity contribution < 1.29 is 4.74 Å². The second-order valence-corrected chi connectivity index (χ2v) is 8.61. The van der Waals surface area contributed by atoms with Gasteiger partial charge in [-0.3, -0.25) is 4.99 Å². The van der Waals surface area contributed by atoms with E-state index in [0.29, 0.717) is 12.0 Å². The van der Waals surface area contributed by atoms with Crippen LogP contribution in [0, 0.1) is 11.8 Å². The molecule has 2 heterocycles. The molecule has 0 radical (unpaired) electrons. The van der Waals surface area contributed by atoms with Crippen LogP contribution in [-0.2, 0) is 4.74 Å². The molecule has 0 atom stereocenters. The van der Waals surface area contributed by atoms with Gasteiger partial charge in [0.1, 0.15) is 0 Å². The number of piperidine rings is 2. The lowest BCUT2D eigenvalue weighted by molar-refractivity contribution is 0.121. The highest BCUT2D eigenvalue weighted by Gasteiger charge is 2.21. The molecule has 0 saturated carbocycles. The number of nitrogens with one attached hydrogen (secondary N) is 2. The van der Waals surface area contributed by atoms with Crippen molar-refractivity contribution in [1.82, 2.24) is 20.4 Å². The highest BCUT2D eigenvalue weighted by Crippen LogP contribution is 2.17. The lowest BCUT2D eigenvalue weighted by Gasteiger charge is -2.34. The van der Waals surface area contributed by atoms with Crippen molar-refractivity contribution in [2.75, 3.05) is 66.1 Å². The first-order valence-corrected chi connectivity index (χ1v) is 11.1. The minimum atomic E-state index is 0.558. The van der Waals surface area contributed by atoms with E-state index in [9.17, 15) is 0 Å². The van der Waals surface area contributed by atoms with Gasteiger partial charge < -0.3 is 25.2 Å². The number of aliphatic imine (C=N–C) groups is 1. The predicted molar refractivity (Wildman–Crippen MR) is 114 cm³/mol. The maximum Gasteiger partial charge on any atom is 0.191 e. The van der Waals surface area contributed by atoms with E-state index in [4.69, 9.17) is 9.73 Å². The predicted octanol–water partition coefficient (Wildman–Crippen LogP) is 2.02. The summed E-state index contributed by atoms with van der Waals surface area (Å²) in [5.74, 6) is 2.49. The third-order valence-electron chi connectivity index (χ3n) is 5.72. The maximum absolute atomic E-state index is 5.19. The first-order valence-electron chi connectivity index (χ1n) is 11.1. The SMILES string of the molecule is CCNC(=NCC1CCN(CCOC)CC1)NC1CCN(CC(C)C)CC1. The zero-order valence-corrected chi connectivity index (χ0v) is 18.2. The molecule has 2 aliphatic heterocycles. The van der Waals surface area contributed by atoms with E-state index >= 15 is 0 Å². The van der Waals surface area contributed by atoms with Gasteiger partial charge in [-0.15, -0.1) is 0 Å². The Labute approximate surface area is 167 Å². The summed E-state index contributed by atoms with van der Waals surface area (Å²) in [6, 6.07) is 0.558. The fraction of sp³-hybridized carbons (Fsp3) is 0.952. The molecule has 27 heavy (non-hydrogen) atoms. The smallest absolute Gasteiger partial charge is 0.191 e. The summed E-state index contributed by atoms with van der Waals surface area (Å²) < 4.78 is 5.19. The molecule has 2 saturated heterocycles. The van der Waals surface area contributed by atoms with Crippen LogP contribution < -0.4 is 10.6 Å². The van der Waals surface area contributed by atoms with E-state index in [1.54, 1.807) is 7.11 Å².